The van der Waals surface area contributed by atoms with E-state index in [1.54, 1.807) is 0 Å². The summed E-state index contributed by atoms with van der Waals surface area (Å²) in [6, 6.07) is 2.77. The van der Waals surface area contributed by atoms with Crippen molar-refractivity contribution in [2.75, 3.05) is 13.1 Å². The van der Waals surface area contributed by atoms with Gasteiger partial charge in [0.2, 0.25) is 0 Å². The molecule has 2 nitrogen and oxygen atoms in total. The molecule has 1 heterocycles. The molecule has 0 aliphatic carbocycles. The van der Waals surface area contributed by atoms with Crippen molar-refractivity contribution in [2.45, 2.75) is 79.6 Å². The smallest absolute Gasteiger partial charge is 0.0198 e. The molecule has 16 heavy (non-hydrogen) atoms. The minimum atomic E-state index is 0.682. The molecular weight excluding hydrogens is 196 g/mol. The first-order valence-electron chi connectivity index (χ1n) is 6.95. The number of piperazine rings is 1. The summed E-state index contributed by atoms with van der Waals surface area (Å²) >= 11 is 0. The second-order valence-electron chi connectivity index (χ2n) is 5.28. The van der Waals surface area contributed by atoms with Gasteiger partial charge in [0.1, 0.15) is 0 Å². The molecule has 0 aromatic heterocycles. The first-order valence-corrected chi connectivity index (χ1v) is 6.95. The van der Waals surface area contributed by atoms with E-state index in [-0.39, 0.29) is 0 Å². The van der Waals surface area contributed by atoms with E-state index in [1.807, 2.05) is 13.8 Å². The Bertz CT molecular complexity index is 158. The van der Waals surface area contributed by atoms with Crippen LogP contribution in [0.1, 0.15) is 55.4 Å². The molecule has 1 unspecified atom stereocenters. The van der Waals surface area contributed by atoms with Gasteiger partial charge in [-0.3, -0.25) is 9.80 Å². The van der Waals surface area contributed by atoms with E-state index in [0.717, 1.165) is 0 Å². The molecule has 0 bridgehead atoms. The molecule has 0 N–H and O–H groups in total. The van der Waals surface area contributed by atoms with Crippen molar-refractivity contribution in [3.63, 3.8) is 0 Å². The van der Waals surface area contributed by atoms with Gasteiger partial charge in [-0.25, -0.2) is 0 Å². The highest BCUT2D eigenvalue weighted by Gasteiger charge is 2.31. The molecule has 0 spiro atoms. The van der Waals surface area contributed by atoms with E-state index in [2.05, 4.69) is 51.3 Å². The van der Waals surface area contributed by atoms with E-state index in [4.69, 9.17) is 0 Å². The van der Waals surface area contributed by atoms with Crippen molar-refractivity contribution >= 4 is 0 Å². The van der Waals surface area contributed by atoms with Crippen LogP contribution in [-0.4, -0.2) is 47.1 Å². The molecule has 0 amide bonds. The van der Waals surface area contributed by atoms with E-state index in [0.29, 0.717) is 24.2 Å². The average Bonchev–Trinajstić information content (AvgIpc) is 2.23. The fraction of sp³-hybridized carbons (Fsp3) is 1.00. The zero-order valence-corrected chi connectivity index (χ0v) is 12.6. The van der Waals surface area contributed by atoms with Crippen molar-refractivity contribution in [3.8, 4) is 0 Å². The lowest BCUT2D eigenvalue weighted by molar-refractivity contribution is 0.00740. The average molecular weight is 228 g/mol. The van der Waals surface area contributed by atoms with Gasteiger partial charge in [0.15, 0.2) is 0 Å². The molecule has 2 atom stereocenters. The van der Waals surface area contributed by atoms with Crippen molar-refractivity contribution in [3.05, 3.63) is 0 Å². The van der Waals surface area contributed by atoms with E-state index >= 15 is 0 Å². The first-order chi connectivity index (χ1) is 7.43. The van der Waals surface area contributed by atoms with E-state index in [1.165, 1.54) is 13.1 Å². The zero-order chi connectivity index (χ0) is 12.9. The summed E-state index contributed by atoms with van der Waals surface area (Å²) in [4.78, 5) is 5.23. The predicted molar refractivity (Wildman–Crippen MR) is 74.0 cm³/mol. The van der Waals surface area contributed by atoms with Crippen LogP contribution in [0.3, 0.4) is 0 Å². The normalized spacial score (nSPS) is 28.1. The molecule has 0 aromatic rings. The van der Waals surface area contributed by atoms with E-state index < -0.39 is 0 Å². The van der Waals surface area contributed by atoms with Gasteiger partial charge in [0.25, 0.3) is 0 Å². The van der Waals surface area contributed by atoms with Crippen LogP contribution in [0.2, 0.25) is 0 Å². The summed E-state index contributed by atoms with van der Waals surface area (Å²) in [5, 5.41) is 0. The summed E-state index contributed by atoms with van der Waals surface area (Å²) in [5.41, 5.74) is 0. The van der Waals surface area contributed by atoms with Crippen LogP contribution in [-0.2, 0) is 0 Å². The maximum Gasteiger partial charge on any atom is 0.0198 e. The molecule has 2 heteroatoms. The molecule has 1 saturated heterocycles. The molecule has 1 fully saturated rings. The first kappa shape index (κ1) is 15.9. The van der Waals surface area contributed by atoms with Gasteiger partial charge in [-0.1, -0.05) is 13.8 Å². The maximum absolute atomic E-state index is 2.61. The van der Waals surface area contributed by atoms with Crippen molar-refractivity contribution in [2.24, 2.45) is 0 Å². The van der Waals surface area contributed by atoms with Crippen LogP contribution in [0, 0.1) is 0 Å². The summed E-state index contributed by atoms with van der Waals surface area (Å²) in [5.74, 6) is 0. The van der Waals surface area contributed by atoms with Gasteiger partial charge in [0.05, 0.1) is 0 Å². The number of hydrogen-bond donors (Lipinski definition) is 0. The summed E-state index contributed by atoms with van der Waals surface area (Å²) in [6.07, 6.45) is 0. The Kier molecular flexibility index (Phi) is 7.25. The maximum atomic E-state index is 2.61. The van der Waals surface area contributed by atoms with Gasteiger partial charge in [-0.15, -0.1) is 0 Å². The van der Waals surface area contributed by atoms with Crippen molar-refractivity contribution < 1.29 is 0 Å². The van der Waals surface area contributed by atoms with Gasteiger partial charge in [0, 0.05) is 37.3 Å². The Morgan fingerprint density at radius 1 is 0.750 bits per heavy atom. The van der Waals surface area contributed by atoms with Crippen LogP contribution in [0.5, 0.6) is 0 Å². The zero-order valence-electron chi connectivity index (χ0n) is 12.6. The van der Waals surface area contributed by atoms with Crippen LogP contribution < -0.4 is 0 Å². The molecule has 1 rings (SSSR count). The van der Waals surface area contributed by atoms with Crippen molar-refractivity contribution in [1.82, 2.24) is 9.80 Å². The molecule has 1 aliphatic heterocycles. The van der Waals surface area contributed by atoms with Gasteiger partial charge in [-0.05, 0) is 41.5 Å². The summed E-state index contributed by atoms with van der Waals surface area (Å²) in [7, 11) is 0. The van der Waals surface area contributed by atoms with E-state index in [9.17, 15) is 0 Å². The topological polar surface area (TPSA) is 6.48 Å². The highest BCUT2D eigenvalue weighted by molar-refractivity contribution is 4.87. The third-order valence-electron chi connectivity index (χ3n) is 3.41. The SMILES string of the molecule is CC.CC(C)N1C[C@H](C)N(C(C)C)CC1C. The van der Waals surface area contributed by atoms with Gasteiger partial charge >= 0.3 is 0 Å². The highest BCUT2D eigenvalue weighted by atomic mass is 15.3. The Morgan fingerprint density at radius 2 is 1.00 bits per heavy atom. The minimum Gasteiger partial charge on any atom is -0.295 e. The lowest BCUT2D eigenvalue weighted by Gasteiger charge is -2.47. The van der Waals surface area contributed by atoms with Crippen LogP contribution in [0.15, 0.2) is 0 Å². The highest BCUT2D eigenvalue weighted by Crippen LogP contribution is 2.19. The number of rotatable bonds is 2. The second kappa shape index (κ2) is 7.29. The Balaban J connectivity index is 0.00000106. The lowest BCUT2D eigenvalue weighted by Crippen LogP contribution is -2.59. The third-order valence-corrected chi connectivity index (χ3v) is 3.41. The lowest BCUT2D eigenvalue weighted by atomic mass is 10.0. The largest absolute Gasteiger partial charge is 0.295 e. The Labute approximate surface area is 103 Å². The molecule has 0 radical (unpaired) electrons. The van der Waals surface area contributed by atoms with Crippen molar-refractivity contribution in [1.29, 1.82) is 0 Å². The molecule has 1 aliphatic rings. The fourth-order valence-corrected chi connectivity index (χ4v) is 2.62. The quantitative estimate of drug-likeness (QED) is 0.716. The second-order valence-corrected chi connectivity index (χ2v) is 5.28. The fourth-order valence-electron chi connectivity index (χ4n) is 2.62. The van der Waals surface area contributed by atoms with Crippen LogP contribution in [0.25, 0.3) is 0 Å². The minimum absolute atomic E-state index is 0.682. The molecule has 0 aromatic carbocycles. The monoisotopic (exact) mass is 228 g/mol. The third kappa shape index (κ3) is 4.06. The summed E-state index contributed by atoms with van der Waals surface area (Å²) < 4.78 is 0. The number of hydrogen-bond acceptors (Lipinski definition) is 2. The summed E-state index contributed by atoms with van der Waals surface area (Å²) in [6.45, 7) is 20.3. The van der Waals surface area contributed by atoms with Crippen LogP contribution in [0.4, 0.5) is 0 Å². The number of nitrogens with zero attached hydrogens (tertiary/aromatic N) is 2. The molecule has 98 valence electrons. The predicted octanol–water partition coefficient (Wildman–Crippen LogP) is 3.22. The Morgan fingerprint density at radius 3 is 1.19 bits per heavy atom. The Hall–Kier alpha value is -0.0800. The van der Waals surface area contributed by atoms with Gasteiger partial charge in [-0.2, -0.15) is 0 Å². The van der Waals surface area contributed by atoms with Crippen LogP contribution >= 0.6 is 0 Å². The van der Waals surface area contributed by atoms with Gasteiger partial charge < -0.3 is 0 Å². The molecular formula is C14H32N2. The standard InChI is InChI=1S/C12H26N2.C2H6/c1-9(2)13-7-12(6)14(10(3)4)8-11(13)5;1-2/h9-12H,7-8H2,1-6H3;1-2H3/t11-,12?;/m0./s1. The molecule has 0 saturated carbocycles.